The summed E-state index contributed by atoms with van der Waals surface area (Å²) in [6.07, 6.45) is 0. The van der Waals surface area contributed by atoms with Gasteiger partial charge in [0.25, 0.3) is 5.91 Å². The first-order valence-electron chi connectivity index (χ1n) is 6.95. The minimum absolute atomic E-state index is 0.124. The van der Waals surface area contributed by atoms with Gasteiger partial charge < -0.3 is 4.90 Å². The van der Waals surface area contributed by atoms with Crippen molar-refractivity contribution in [2.45, 2.75) is 6.04 Å². The van der Waals surface area contributed by atoms with Crippen molar-refractivity contribution in [3.63, 3.8) is 0 Å². The van der Waals surface area contributed by atoms with E-state index in [-0.39, 0.29) is 18.5 Å². The fourth-order valence-electron chi connectivity index (χ4n) is 2.66. The Morgan fingerprint density at radius 2 is 1.55 bits per heavy atom. The van der Waals surface area contributed by atoms with Gasteiger partial charge in [0.2, 0.25) is 0 Å². The van der Waals surface area contributed by atoms with Crippen molar-refractivity contribution < 1.29 is 9.59 Å². The molecule has 1 aliphatic rings. The Bertz CT molecular complexity index is 700. The van der Waals surface area contributed by atoms with Gasteiger partial charge in [-0.25, -0.2) is 4.79 Å². The number of hydrogen-bond acceptors (Lipinski definition) is 2. The van der Waals surface area contributed by atoms with Crippen LogP contribution in [0.1, 0.15) is 17.2 Å². The minimum atomic E-state index is -0.403. The fraction of sp³-hybridized carbons (Fsp3) is 0.176. The first-order chi connectivity index (χ1) is 10.6. The van der Waals surface area contributed by atoms with Gasteiger partial charge in [-0.1, -0.05) is 58.4 Å². The fourth-order valence-corrected chi connectivity index (χ4v) is 2.93. The molecule has 0 bridgehead atoms. The lowest BCUT2D eigenvalue weighted by atomic mass is 9.97. The number of imide groups is 1. The van der Waals surface area contributed by atoms with E-state index in [0.717, 1.165) is 15.6 Å². The van der Waals surface area contributed by atoms with E-state index in [1.165, 1.54) is 9.80 Å². The largest absolute Gasteiger partial charge is 0.327 e. The molecular weight excluding hydrogens is 344 g/mol. The minimum Gasteiger partial charge on any atom is -0.318 e. The molecule has 2 aromatic rings. The Labute approximate surface area is 137 Å². The van der Waals surface area contributed by atoms with Gasteiger partial charge in [-0.3, -0.25) is 9.69 Å². The quantitative estimate of drug-likeness (QED) is 0.788. The zero-order valence-electron chi connectivity index (χ0n) is 12.1. The van der Waals surface area contributed by atoms with Crippen LogP contribution in [0.15, 0.2) is 59.1 Å². The summed E-state index contributed by atoms with van der Waals surface area (Å²) in [5.74, 6) is -0.177. The molecule has 112 valence electrons. The third-order valence-corrected chi connectivity index (χ3v) is 4.26. The summed E-state index contributed by atoms with van der Waals surface area (Å²) in [5, 5.41) is 0. The first-order valence-corrected chi connectivity index (χ1v) is 7.75. The van der Waals surface area contributed by atoms with Crippen LogP contribution in [-0.4, -0.2) is 35.3 Å². The lowest BCUT2D eigenvalue weighted by Crippen LogP contribution is -2.36. The molecule has 2 aromatic carbocycles. The number of nitrogens with zero attached hydrogens (tertiary/aromatic N) is 2. The van der Waals surface area contributed by atoms with Crippen molar-refractivity contribution >= 4 is 27.9 Å². The second-order valence-electron chi connectivity index (χ2n) is 5.27. The smallest absolute Gasteiger partial charge is 0.318 e. The van der Waals surface area contributed by atoms with E-state index in [2.05, 4.69) is 15.9 Å². The summed E-state index contributed by atoms with van der Waals surface area (Å²) < 4.78 is 0.958. The van der Waals surface area contributed by atoms with Crippen LogP contribution in [0.4, 0.5) is 4.79 Å². The summed E-state index contributed by atoms with van der Waals surface area (Å²) in [7, 11) is 1.64. The summed E-state index contributed by atoms with van der Waals surface area (Å²) in [4.78, 5) is 27.5. The molecule has 0 spiro atoms. The first kappa shape index (κ1) is 14.8. The van der Waals surface area contributed by atoms with Crippen LogP contribution in [0, 0.1) is 0 Å². The van der Waals surface area contributed by atoms with Crippen LogP contribution in [0.2, 0.25) is 0 Å². The highest BCUT2D eigenvalue weighted by molar-refractivity contribution is 9.10. The lowest BCUT2D eigenvalue weighted by molar-refractivity contribution is -0.126. The predicted molar refractivity (Wildman–Crippen MR) is 87.3 cm³/mol. The second kappa shape index (κ2) is 5.93. The van der Waals surface area contributed by atoms with Crippen molar-refractivity contribution in [2.75, 3.05) is 13.6 Å². The molecule has 1 heterocycles. The van der Waals surface area contributed by atoms with E-state index in [4.69, 9.17) is 0 Å². The Morgan fingerprint density at radius 3 is 2.09 bits per heavy atom. The Hall–Kier alpha value is -2.14. The standard InChI is InChI=1S/C17H15BrN2O2/c1-19-11-15(21)20(17(19)22)16(12-5-3-2-4-6-12)13-7-9-14(18)10-8-13/h2-10,16H,11H2,1H3/t16-/m0/s1. The summed E-state index contributed by atoms with van der Waals surface area (Å²) in [6.45, 7) is 0.124. The normalized spacial score (nSPS) is 16.3. The third kappa shape index (κ3) is 2.64. The monoisotopic (exact) mass is 358 g/mol. The maximum Gasteiger partial charge on any atom is 0.327 e. The molecule has 1 fully saturated rings. The van der Waals surface area contributed by atoms with Crippen molar-refractivity contribution in [1.82, 2.24) is 9.80 Å². The van der Waals surface area contributed by atoms with Gasteiger partial charge >= 0.3 is 6.03 Å². The Balaban J connectivity index is 2.09. The molecule has 1 aliphatic heterocycles. The zero-order chi connectivity index (χ0) is 15.7. The number of likely N-dealkylation sites (N-methyl/N-ethyl adjacent to an activating group) is 1. The summed E-state index contributed by atoms with van der Waals surface area (Å²) in [6, 6.07) is 16.6. The van der Waals surface area contributed by atoms with Crippen molar-refractivity contribution in [3.05, 3.63) is 70.2 Å². The van der Waals surface area contributed by atoms with E-state index in [1.807, 2.05) is 54.6 Å². The van der Waals surface area contributed by atoms with Gasteiger partial charge in [-0.05, 0) is 23.3 Å². The molecule has 22 heavy (non-hydrogen) atoms. The van der Waals surface area contributed by atoms with Crippen LogP contribution in [0.5, 0.6) is 0 Å². The molecule has 0 N–H and O–H groups in total. The van der Waals surface area contributed by atoms with E-state index in [0.29, 0.717) is 0 Å². The average Bonchev–Trinajstić information content (AvgIpc) is 2.77. The van der Waals surface area contributed by atoms with Gasteiger partial charge in [0.05, 0.1) is 6.04 Å². The molecule has 4 nitrogen and oxygen atoms in total. The van der Waals surface area contributed by atoms with Crippen LogP contribution in [0.3, 0.4) is 0 Å². The number of urea groups is 1. The van der Waals surface area contributed by atoms with Crippen LogP contribution >= 0.6 is 15.9 Å². The van der Waals surface area contributed by atoms with Gasteiger partial charge in [0.1, 0.15) is 6.54 Å². The van der Waals surface area contributed by atoms with E-state index < -0.39 is 6.04 Å². The predicted octanol–water partition coefficient (Wildman–Crippen LogP) is 3.43. The van der Waals surface area contributed by atoms with Crippen LogP contribution in [0.25, 0.3) is 0 Å². The average molecular weight is 359 g/mol. The van der Waals surface area contributed by atoms with E-state index in [1.54, 1.807) is 7.05 Å². The van der Waals surface area contributed by atoms with Gasteiger partial charge in [0.15, 0.2) is 0 Å². The van der Waals surface area contributed by atoms with Crippen molar-refractivity contribution in [3.8, 4) is 0 Å². The highest BCUT2D eigenvalue weighted by Gasteiger charge is 2.39. The van der Waals surface area contributed by atoms with E-state index >= 15 is 0 Å². The molecule has 1 saturated heterocycles. The van der Waals surface area contributed by atoms with Gasteiger partial charge in [-0.2, -0.15) is 0 Å². The molecule has 3 amide bonds. The number of carbonyl (C=O) groups excluding carboxylic acids is 2. The number of halogens is 1. The number of benzene rings is 2. The van der Waals surface area contributed by atoms with Crippen molar-refractivity contribution in [1.29, 1.82) is 0 Å². The Morgan fingerprint density at radius 1 is 0.955 bits per heavy atom. The topological polar surface area (TPSA) is 40.6 Å². The lowest BCUT2D eigenvalue weighted by Gasteiger charge is -2.27. The SMILES string of the molecule is CN1CC(=O)N([C@@H](c2ccccc2)c2ccc(Br)cc2)C1=O. The molecule has 0 aromatic heterocycles. The van der Waals surface area contributed by atoms with Crippen molar-refractivity contribution in [2.24, 2.45) is 0 Å². The highest BCUT2D eigenvalue weighted by atomic mass is 79.9. The maximum absolute atomic E-state index is 12.4. The third-order valence-electron chi connectivity index (χ3n) is 3.73. The number of amides is 3. The second-order valence-corrected chi connectivity index (χ2v) is 6.18. The summed E-state index contributed by atoms with van der Waals surface area (Å²) >= 11 is 3.41. The molecule has 3 rings (SSSR count). The molecule has 0 radical (unpaired) electrons. The number of hydrogen-bond donors (Lipinski definition) is 0. The number of rotatable bonds is 3. The maximum atomic E-state index is 12.4. The highest BCUT2D eigenvalue weighted by Crippen LogP contribution is 2.32. The molecule has 0 aliphatic carbocycles. The summed E-state index contributed by atoms with van der Waals surface area (Å²) in [5.41, 5.74) is 1.83. The molecule has 5 heteroatoms. The molecular formula is C17H15BrN2O2. The molecule has 1 atom stereocenters. The van der Waals surface area contributed by atoms with Crippen LogP contribution in [-0.2, 0) is 4.79 Å². The molecule has 0 saturated carbocycles. The van der Waals surface area contributed by atoms with Gasteiger partial charge in [0, 0.05) is 11.5 Å². The molecule has 0 unspecified atom stereocenters. The van der Waals surface area contributed by atoms with E-state index in [9.17, 15) is 9.59 Å². The van der Waals surface area contributed by atoms with Crippen LogP contribution < -0.4 is 0 Å². The number of carbonyl (C=O) groups is 2. The Kier molecular flexibility index (Phi) is 3.98. The van der Waals surface area contributed by atoms with Gasteiger partial charge in [-0.15, -0.1) is 0 Å². The zero-order valence-corrected chi connectivity index (χ0v) is 13.7.